The number of aliphatic hydroxyl groups is 2. The lowest BCUT2D eigenvalue weighted by atomic mass is 9.88. The number of amides is 1. The average Bonchev–Trinajstić information content (AvgIpc) is 3.16. The molecule has 0 saturated heterocycles. The molecule has 4 heteroatoms. The van der Waals surface area contributed by atoms with Crippen LogP contribution in [0.5, 0.6) is 0 Å². The van der Waals surface area contributed by atoms with Crippen LogP contribution in [-0.2, 0) is 6.42 Å². The van der Waals surface area contributed by atoms with Gasteiger partial charge in [-0.05, 0) is 49.1 Å². The predicted molar refractivity (Wildman–Crippen MR) is 112 cm³/mol. The molecule has 5 atom stereocenters. The van der Waals surface area contributed by atoms with Crippen molar-refractivity contribution in [2.75, 3.05) is 0 Å². The zero-order valence-corrected chi connectivity index (χ0v) is 16.8. The lowest BCUT2D eigenvalue weighted by molar-refractivity contribution is 0.0999. The number of benzene rings is 1. The molecule has 3 rings (SSSR count). The van der Waals surface area contributed by atoms with Crippen molar-refractivity contribution in [2.45, 2.75) is 64.1 Å². The first-order valence-electron chi connectivity index (χ1n) is 10.6. The van der Waals surface area contributed by atoms with Crippen LogP contribution in [-0.4, -0.2) is 28.3 Å². The molecule has 1 fully saturated rings. The molecule has 0 unspecified atom stereocenters. The molecular weight excluding hydrogens is 350 g/mol. The SMILES string of the molecule is CCCCC[C@H](O)C=C[C@@H]1[C@H]2CC(Cc3ccccc3C(N)=O)=C[C@H]2C[C@H]1O. The molecule has 4 nitrogen and oxygen atoms in total. The van der Waals surface area contributed by atoms with E-state index < -0.39 is 6.10 Å². The predicted octanol–water partition coefficient (Wildman–Crippen LogP) is 3.77. The number of hydrogen-bond donors (Lipinski definition) is 3. The maximum absolute atomic E-state index is 11.7. The minimum absolute atomic E-state index is 0.0889. The number of rotatable bonds is 9. The highest BCUT2D eigenvalue weighted by molar-refractivity contribution is 5.94. The van der Waals surface area contributed by atoms with Gasteiger partial charge in [0.25, 0.3) is 0 Å². The van der Waals surface area contributed by atoms with Crippen molar-refractivity contribution < 1.29 is 15.0 Å². The standard InChI is InChI=1S/C24H33NO3/c1-2-3-4-8-19(26)10-11-21-22-14-16(13-18(22)15-23(21)27)12-17-7-5-6-9-20(17)24(25)28/h5-7,9-11,13,18-19,21-23,26-27H,2-4,8,12,14-15H2,1H3,(H2,25,28)/t18-,19-,21+,22-,23+/m0/s1. The number of fused-ring (bicyclic) bond motifs is 1. The largest absolute Gasteiger partial charge is 0.392 e. The topological polar surface area (TPSA) is 83.5 Å². The minimum atomic E-state index is -0.422. The summed E-state index contributed by atoms with van der Waals surface area (Å²) < 4.78 is 0. The quantitative estimate of drug-likeness (QED) is 0.448. The zero-order chi connectivity index (χ0) is 20.1. The Kier molecular flexibility index (Phi) is 7.08. The Morgan fingerprint density at radius 1 is 1.32 bits per heavy atom. The van der Waals surface area contributed by atoms with Crippen LogP contribution in [0.25, 0.3) is 0 Å². The molecule has 0 heterocycles. The van der Waals surface area contributed by atoms with E-state index in [4.69, 9.17) is 5.73 Å². The zero-order valence-electron chi connectivity index (χ0n) is 16.8. The molecule has 0 aliphatic heterocycles. The monoisotopic (exact) mass is 383 g/mol. The maximum Gasteiger partial charge on any atom is 0.248 e. The van der Waals surface area contributed by atoms with Gasteiger partial charge in [-0.15, -0.1) is 0 Å². The highest BCUT2D eigenvalue weighted by atomic mass is 16.3. The summed E-state index contributed by atoms with van der Waals surface area (Å²) >= 11 is 0. The third-order valence-electron chi connectivity index (χ3n) is 6.31. The Labute approximate surface area is 168 Å². The van der Waals surface area contributed by atoms with Gasteiger partial charge in [0.15, 0.2) is 0 Å². The lowest BCUT2D eigenvalue weighted by Gasteiger charge is -2.19. The molecule has 1 saturated carbocycles. The summed E-state index contributed by atoms with van der Waals surface area (Å²) in [5.74, 6) is 0.455. The Morgan fingerprint density at radius 3 is 2.86 bits per heavy atom. The van der Waals surface area contributed by atoms with Crippen molar-refractivity contribution in [1.29, 1.82) is 0 Å². The Bertz CT molecular complexity index is 739. The molecule has 152 valence electrons. The fourth-order valence-corrected chi connectivity index (χ4v) is 4.85. The van der Waals surface area contributed by atoms with Crippen LogP contribution in [0, 0.1) is 17.8 Å². The Balaban J connectivity index is 1.62. The van der Waals surface area contributed by atoms with Gasteiger partial charge in [0, 0.05) is 11.5 Å². The second-order valence-corrected chi connectivity index (χ2v) is 8.38. The molecule has 2 aliphatic carbocycles. The fraction of sp³-hybridized carbons (Fsp3) is 0.542. The van der Waals surface area contributed by atoms with Crippen molar-refractivity contribution in [2.24, 2.45) is 23.5 Å². The van der Waals surface area contributed by atoms with Crippen LogP contribution in [0.2, 0.25) is 0 Å². The van der Waals surface area contributed by atoms with Gasteiger partial charge in [-0.3, -0.25) is 4.79 Å². The first-order chi connectivity index (χ1) is 13.5. The summed E-state index contributed by atoms with van der Waals surface area (Å²) in [6.45, 7) is 2.16. The third-order valence-corrected chi connectivity index (χ3v) is 6.31. The molecule has 1 aromatic carbocycles. The summed E-state index contributed by atoms with van der Waals surface area (Å²) in [4.78, 5) is 11.7. The number of primary amides is 1. The Morgan fingerprint density at radius 2 is 2.11 bits per heavy atom. The normalized spacial score (nSPS) is 27.8. The second-order valence-electron chi connectivity index (χ2n) is 8.38. The molecule has 28 heavy (non-hydrogen) atoms. The van der Waals surface area contributed by atoms with E-state index in [1.54, 1.807) is 6.07 Å². The summed E-state index contributed by atoms with van der Waals surface area (Å²) in [5.41, 5.74) is 8.39. The first kappa shape index (κ1) is 20.8. The van der Waals surface area contributed by atoms with E-state index in [2.05, 4.69) is 13.0 Å². The van der Waals surface area contributed by atoms with Crippen LogP contribution in [0.3, 0.4) is 0 Å². The van der Waals surface area contributed by atoms with Crippen LogP contribution in [0.1, 0.15) is 61.4 Å². The van der Waals surface area contributed by atoms with Gasteiger partial charge in [0.1, 0.15) is 0 Å². The fourth-order valence-electron chi connectivity index (χ4n) is 4.85. The molecule has 0 radical (unpaired) electrons. The molecular formula is C24H33NO3. The average molecular weight is 384 g/mol. The highest BCUT2D eigenvalue weighted by Crippen LogP contribution is 2.48. The van der Waals surface area contributed by atoms with E-state index in [0.717, 1.165) is 50.5 Å². The van der Waals surface area contributed by atoms with Crippen molar-refractivity contribution in [3.63, 3.8) is 0 Å². The van der Waals surface area contributed by atoms with Gasteiger partial charge >= 0.3 is 0 Å². The number of nitrogens with two attached hydrogens (primary N) is 1. The lowest BCUT2D eigenvalue weighted by Crippen LogP contribution is -2.18. The number of carbonyl (C=O) groups excluding carboxylic acids is 1. The van der Waals surface area contributed by atoms with Gasteiger partial charge in [0.2, 0.25) is 5.91 Å². The molecule has 4 N–H and O–H groups in total. The number of unbranched alkanes of at least 4 members (excludes halogenated alkanes) is 2. The van der Waals surface area contributed by atoms with E-state index in [9.17, 15) is 15.0 Å². The van der Waals surface area contributed by atoms with Gasteiger partial charge < -0.3 is 15.9 Å². The molecule has 1 aromatic rings. The van der Waals surface area contributed by atoms with Crippen molar-refractivity contribution in [1.82, 2.24) is 0 Å². The molecule has 2 aliphatic rings. The van der Waals surface area contributed by atoms with E-state index >= 15 is 0 Å². The van der Waals surface area contributed by atoms with Crippen molar-refractivity contribution in [3.8, 4) is 0 Å². The molecule has 0 bridgehead atoms. The van der Waals surface area contributed by atoms with Crippen LogP contribution in [0.4, 0.5) is 0 Å². The summed E-state index contributed by atoms with van der Waals surface area (Å²) in [6, 6.07) is 7.52. The number of hydrogen-bond acceptors (Lipinski definition) is 3. The summed E-state index contributed by atoms with van der Waals surface area (Å²) in [7, 11) is 0. The van der Waals surface area contributed by atoms with E-state index in [0.29, 0.717) is 17.4 Å². The van der Waals surface area contributed by atoms with Crippen LogP contribution >= 0.6 is 0 Å². The highest BCUT2D eigenvalue weighted by Gasteiger charge is 2.43. The van der Waals surface area contributed by atoms with Gasteiger partial charge in [-0.2, -0.15) is 0 Å². The molecule has 1 amide bonds. The second kappa shape index (κ2) is 9.53. The van der Waals surface area contributed by atoms with Crippen molar-refractivity contribution >= 4 is 5.91 Å². The van der Waals surface area contributed by atoms with E-state index in [1.165, 1.54) is 5.57 Å². The van der Waals surface area contributed by atoms with E-state index in [-0.39, 0.29) is 17.9 Å². The van der Waals surface area contributed by atoms with Crippen LogP contribution in [0.15, 0.2) is 48.1 Å². The van der Waals surface area contributed by atoms with Crippen LogP contribution < -0.4 is 5.73 Å². The smallest absolute Gasteiger partial charge is 0.248 e. The number of aliphatic hydroxyl groups excluding tert-OH is 2. The maximum atomic E-state index is 11.7. The summed E-state index contributed by atoms with van der Waals surface area (Å²) in [5, 5.41) is 20.7. The number of carbonyl (C=O) groups is 1. The third kappa shape index (κ3) is 4.92. The molecule has 0 aromatic heterocycles. The van der Waals surface area contributed by atoms with Gasteiger partial charge in [0.05, 0.1) is 12.2 Å². The minimum Gasteiger partial charge on any atom is -0.392 e. The van der Waals surface area contributed by atoms with Gasteiger partial charge in [-0.1, -0.05) is 68.2 Å². The number of allylic oxidation sites excluding steroid dienone is 2. The van der Waals surface area contributed by atoms with E-state index in [1.807, 2.05) is 30.4 Å². The summed E-state index contributed by atoms with van der Waals surface area (Å²) in [6.07, 6.45) is 12.0. The van der Waals surface area contributed by atoms with Crippen molar-refractivity contribution in [3.05, 3.63) is 59.2 Å². The molecule has 0 spiro atoms. The Hall–Kier alpha value is -1.91. The van der Waals surface area contributed by atoms with Gasteiger partial charge in [-0.25, -0.2) is 0 Å². The first-order valence-corrected chi connectivity index (χ1v) is 10.6.